The van der Waals surface area contributed by atoms with Crippen LogP contribution in [0.5, 0.6) is 0 Å². The minimum absolute atomic E-state index is 0.522. The number of hydrogen-bond donors (Lipinski definition) is 0. The Morgan fingerprint density at radius 3 is 2.71 bits per heavy atom. The molecule has 7 heavy (non-hydrogen) atoms. The highest BCUT2D eigenvalue weighted by molar-refractivity contribution is 7.61. The van der Waals surface area contributed by atoms with E-state index in [-0.39, 0.29) is 0 Å². The van der Waals surface area contributed by atoms with Crippen molar-refractivity contribution in [1.29, 1.82) is 0 Å². The summed E-state index contributed by atoms with van der Waals surface area (Å²) in [5, 5.41) is 0. The summed E-state index contributed by atoms with van der Waals surface area (Å²) in [4.78, 5) is 0. The molecule has 2 nitrogen and oxygen atoms in total. The van der Waals surface area contributed by atoms with Gasteiger partial charge in [-0.3, -0.25) is 4.57 Å². The third kappa shape index (κ3) is 1.15. The van der Waals surface area contributed by atoms with E-state index in [1.54, 1.807) is 18.6 Å². The quantitative estimate of drug-likeness (QED) is 0.450. The minimum Gasteiger partial charge on any atom is -0.322 e. The minimum atomic E-state index is -2.22. The van der Waals surface area contributed by atoms with Crippen molar-refractivity contribution < 1.29 is 9.09 Å². The summed E-state index contributed by atoms with van der Waals surface area (Å²) in [7, 11) is -2.22. The molecule has 1 aliphatic rings. The van der Waals surface area contributed by atoms with Gasteiger partial charge in [-0.05, 0) is 5.82 Å². The molecular weight excluding hydrogens is 111 g/mol. The summed E-state index contributed by atoms with van der Waals surface area (Å²) < 4.78 is 15.5. The maximum absolute atomic E-state index is 10.7. The van der Waals surface area contributed by atoms with E-state index in [4.69, 9.17) is 4.52 Å². The van der Waals surface area contributed by atoms with Crippen molar-refractivity contribution >= 4 is 7.37 Å². The van der Waals surface area contributed by atoms with Crippen LogP contribution in [0.4, 0.5) is 0 Å². The molecule has 3 heteroatoms. The van der Waals surface area contributed by atoms with Gasteiger partial charge in [0.1, 0.15) is 0 Å². The first-order valence-corrected chi connectivity index (χ1v) is 4.24. The van der Waals surface area contributed by atoms with Crippen molar-refractivity contribution in [3.8, 4) is 0 Å². The van der Waals surface area contributed by atoms with Gasteiger partial charge in [0.15, 0.2) is 0 Å². The summed E-state index contributed by atoms with van der Waals surface area (Å²) >= 11 is 0. The van der Waals surface area contributed by atoms with Crippen molar-refractivity contribution in [2.24, 2.45) is 0 Å². The zero-order valence-electron chi connectivity index (χ0n) is 4.13. The highest BCUT2D eigenvalue weighted by atomic mass is 31.2. The number of rotatable bonds is 0. The second-order valence-corrected chi connectivity index (χ2v) is 3.96. The Bertz CT molecular complexity index is 139. The molecule has 0 saturated carbocycles. The summed E-state index contributed by atoms with van der Waals surface area (Å²) in [5.41, 5.74) is 0. The van der Waals surface area contributed by atoms with Gasteiger partial charge in [0.05, 0.1) is 6.61 Å². The van der Waals surface area contributed by atoms with E-state index in [1.807, 2.05) is 0 Å². The standard InChI is InChI=1S/C4H7O2P/c1-7(5)4-2-3-6-7/h2,4H,3H2,1H3. The van der Waals surface area contributed by atoms with E-state index in [0.29, 0.717) is 6.61 Å². The van der Waals surface area contributed by atoms with E-state index in [2.05, 4.69) is 0 Å². The van der Waals surface area contributed by atoms with E-state index in [1.165, 1.54) is 0 Å². The zero-order chi connectivity index (χ0) is 5.33. The summed E-state index contributed by atoms with van der Waals surface area (Å²) in [5.74, 6) is 1.63. The smallest absolute Gasteiger partial charge is 0.222 e. The molecule has 0 saturated heterocycles. The van der Waals surface area contributed by atoms with E-state index >= 15 is 0 Å². The van der Waals surface area contributed by atoms with E-state index in [9.17, 15) is 4.57 Å². The predicted octanol–water partition coefficient (Wildman–Crippen LogP) is 1.44. The molecule has 0 aromatic rings. The normalized spacial score (nSPS) is 39.6. The van der Waals surface area contributed by atoms with Crippen molar-refractivity contribution in [2.45, 2.75) is 0 Å². The van der Waals surface area contributed by atoms with Crippen LogP contribution in [0, 0.1) is 0 Å². The fraction of sp³-hybridized carbons (Fsp3) is 0.500. The molecule has 0 radical (unpaired) electrons. The first-order valence-electron chi connectivity index (χ1n) is 2.10. The molecule has 0 amide bonds. The second-order valence-electron chi connectivity index (χ2n) is 1.59. The molecular formula is C4H7O2P. The Morgan fingerprint density at radius 2 is 2.57 bits per heavy atom. The lowest BCUT2D eigenvalue weighted by Gasteiger charge is -1.96. The molecule has 1 atom stereocenters. The Balaban J connectivity index is 2.77. The summed E-state index contributed by atoms with van der Waals surface area (Å²) in [6.07, 6.45) is 1.78. The molecule has 0 aromatic heterocycles. The monoisotopic (exact) mass is 118 g/mol. The molecule has 1 unspecified atom stereocenters. The van der Waals surface area contributed by atoms with Crippen LogP contribution in [-0.2, 0) is 9.09 Å². The third-order valence-electron chi connectivity index (χ3n) is 0.803. The van der Waals surface area contributed by atoms with Crippen molar-refractivity contribution in [1.82, 2.24) is 0 Å². The lowest BCUT2D eigenvalue weighted by molar-refractivity contribution is 0.375. The van der Waals surface area contributed by atoms with Gasteiger partial charge < -0.3 is 4.52 Å². The van der Waals surface area contributed by atoms with Gasteiger partial charge in [-0.25, -0.2) is 0 Å². The number of hydrogen-bond acceptors (Lipinski definition) is 2. The molecule has 1 rings (SSSR count). The fourth-order valence-corrected chi connectivity index (χ4v) is 1.41. The summed E-state index contributed by atoms with van der Waals surface area (Å²) in [6, 6.07) is 0. The van der Waals surface area contributed by atoms with Gasteiger partial charge in [0.25, 0.3) is 0 Å². The second kappa shape index (κ2) is 1.46. The molecule has 0 fully saturated rings. The van der Waals surface area contributed by atoms with Gasteiger partial charge in [-0.2, -0.15) is 0 Å². The van der Waals surface area contributed by atoms with Crippen LogP contribution < -0.4 is 0 Å². The molecule has 0 aromatic carbocycles. The van der Waals surface area contributed by atoms with Crippen molar-refractivity contribution in [2.75, 3.05) is 13.3 Å². The lowest BCUT2D eigenvalue weighted by Crippen LogP contribution is -1.74. The summed E-state index contributed by atoms with van der Waals surface area (Å²) in [6.45, 7) is 2.13. The Labute approximate surface area is 42.6 Å². The Hall–Kier alpha value is -0.0700. The average molecular weight is 118 g/mol. The fourth-order valence-electron chi connectivity index (χ4n) is 0.469. The first-order chi connectivity index (χ1) is 3.21. The average Bonchev–Trinajstić information content (AvgIpc) is 1.84. The molecule has 0 bridgehead atoms. The van der Waals surface area contributed by atoms with Crippen LogP contribution in [0.1, 0.15) is 0 Å². The highest BCUT2D eigenvalue weighted by Gasteiger charge is 2.13. The Morgan fingerprint density at radius 1 is 1.86 bits per heavy atom. The van der Waals surface area contributed by atoms with Crippen LogP contribution in [0.15, 0.2) is 11.9 Å². The van der Waals surface area contributed by atoms with Gasteiger partial charge in [-0.1, -0.05) is 6.08 Å². The third-order valence-corrected chi connectivity index (χ3v) is 2.22. The SMILES string of the molecule is CP1(=O)C=CCO1. The van der Waals surface area contributed by atoms with E-state index < -0.39 is 7.37 Å². The molecule has 0 N–H and O–H groups in total. The Kier molecular flexibility index (Phi) is 1.06. The first kappa shape index (κ1) is 5.07. The van der Waals surface area contributed by atoms with Gasteiger partial charge in [0, 0.05) is 6.66 Å². The van der Waals surface area contributed by atoms with Crippen molar-refractivity contribution in [3.05, 3.63) is 11.9 Å². The highest BCUT2D eigenvalue weighted by Crippen LogP contribution is 2.47. The molecule has 0 spiro atoms. The van der Waals surface area contributed by atoms with Crippen LogP contribution in [0.3, 0.4) is 0 Å². The van der Waals surface area contributed by atoms with Crippen LogP contribution in [0.2, 0.25) is 0 Å². The van der Waals surface area contributed by atoms with Crippen LogP contribution >= 0.6 is 7.37 Å². The van der Waals surface area contributed by atoms with Gasteiger partial charge >= 0.3 is 0 Å². The van der Waals surface area contributed by atoms with Crippen LogP contribution in [-0.4, -0.2) is 13.3 Å². The van der Waals surface area contributed by atoms with Gasteiger partial charge in [0.2, 0.25) is 7.37 Å². The maximum Gasteiger partial charge on any atom is 0.222 e. The molecule has 1 heterocycles. The van der Waals surface area contributed by atoms with E-state index in [0.717, 1.165) is 0 Å². The zero-order valence-corrected chi connectivity index (χ0v) is 5.02. The van der Waals surface area contributed by atoms with Crippen molar-refractivity contribution in [3.63, 3.8) is 0 Å². The predicted molar refractivity (Wildman–Crippen MR) is 28.6 cm³/mol. The molecule has 40 valence electrons. The molecule has 1 aliphatic heterocycles. The molecule has 0 aliphatic carbocycles. The lowest BCUT2D eigenvalue weighted by atomic mass is 10.7. The van der Waals surface area contributed by atoms with Crippen LogP contribution in [0.25, 0.3) is 0 Å². The maximum atomic E-state index is 10.7. The topological polar surface area (TPSA) is 26.3 Å². The van der Waals surface area contributed by atoms with Gasteiger partial charge in [-0.15, -0.1) is 0 Å². The largest absolute Gasteiger partial charge is 0.322 e.